The van der Waals surface area contributed by atoms with Crippen molar-refractivity contribution in [3.63, 3.8) is 0 Å². The molecule has 0 radical (unpaired) electrons. The van der Waals surface area contributed by atoms with E-state index in [2.05, 4.69) is 15.4 Å². The van der Waals surface area contributed by atoms with Crippen LogP contribution in [-0.2, 0) is 0 Å². The van der Waals surface area contributed by atoms with E-state index in [0.717, 1.165) is 16.7 Å². The summed E-state index contributed by atoms with van der Waals surface area (Å²) in [5.74, 6) is 1.76. The minimum Gasteiger partial charge on any atom is -0.493 e. The molecular formula is C20H18N4O3. The smallest absolute Gasteiger partial charge is 0.203 e. The van der Waals surface area contributed by atoms with E-state index < -0.39 is 0 Å². The van der Waals surface area contributed by atoms with Crippen molar-refractivity contribution in [3.8, 4) is 34.6 Å². The van der Waals surface area contributed by atoms with Gasteiger partial charge >= 0.3 is 0 Å². The van der Waals surface area contributed by atoms with Gasteiger partial charge < -0.3 is 14.2 Å². The van der Waals surface area contributed by atoms with Gasteiger partial charge in [0.25, 0.3) is 0 Å². The molecule has 0 saturated heterocycles. The number of H-pyrrole nitrogens is 1. The fourth-order valence-corrected chi connectivity index (χ4v) is 2.65. The molecule has 1 heterocycles. The zero-order valence-electron chi connectivity index (χ0n) is 15.2. The predicted octanol–water partition coefficient (Wildman–Crippen LogP) is 3.54. The van der Waals surface area contributed by atoms with Gasteiger partial charge in [-0.2, -0.15) is 15.6 Å². The Morgan fingerprint density at radius 2 is 1.52 bits per heavy atom. The van der Waals surface area contributed by atoms with Crippen molar-refractivity contribution in [1.29, 1.82) is 5.26 Å². The standard InChI is InChI=1S/C20H18N4O3/c1-25-17-10-14(11-18(26-2)20(17)27-3)5-4-13-6-8-15(9-7-13)19-16(12-21)22-24-23-19/h4-11H,1-3H3,(H,22,23,24)/b5-4+. The number of nitrogens with one attached hydrogen (secondary N) is 1. The molecule has 0 unspecified atom stereocenters. The lowest BCUT2D eigenvalue weighted by Crippen LogP contribution is -1.95. The third kappa shape index (κ3) is 3.75. The van der Waals surface area contributed by atoms with E-state index in [9.17, 15) is 0 Å². The molecule has 2 aromatic carbocycles. The topological polar surface area (TPSA) is 93.1 Å². The molecule has 0 aliphatic heterocycles. The largest absolute Gasteiger partial charge is 0.493 e. The van der Waals surface area contributed by atoms with Gasteiger partial charge in [0.1, 0.15) is 11.8 Å². The molecule has 0 amide bonds. The molecule has 0 spiro atoms. The molecule has 0 aliphatic rings. The van der Waals surface area contributed by atoms with Gasteiger partial charge in [0.15, 0.2) is 17.2 Å². The minimum atomic E-state index is 0.274. The molecule has 0 fully saturated rings. The molecule has 3 aromatic rings. The van der Waals surface area contributed by atoms with Gasteiger partial charge in [-0.3, -0.25) is 0 Å². The Hall–Kier alpha value is -3.79. The van der Waals surface area contributed by atoms with E-state index in [1.165, 1.54) is 0 Å². The number of nitriles is 1. The van der Waals surface area contributed by atoms with Gasteiger partial charge in [-0.15, -0.1) is 5.10 Å². The van der Waals surface area contributed by atoms with Crippen LogP contribution in [0.5, 0.6) is 17.2 Å². The third-order valence-electron chi connectivity index (χ3n) is 3.99. The molecular weight excluding hydrogens is 344 g/mol. The summed E-state index contributed by atoms with van der Waals surface area (Å²) in [6.07, 6.45) is 3.93. The first-order chi connectivity index (χ1) is 13.2. The van der Waals surface area contributed by atoms with Crippen LogP contribution < -0.4 is 14.2 Å². The first-order valence-electron chi connectivity index (χ1n) is 8.09. The number of hydrogen-bond donors (Lipinski definition) is 1. The minimum absolute atomic E-state index is 0.274. The fraction of sp³-hybridized carbons (Fsp3) is 0.150. The van der Waals surface area contributed by atoms with Crippen LogP contribution in [0.2, 0.25) is 0 Å². The summed E-state index contributed by atoms with van der Waals surface area (Å²) in [4.78, 5) is 0. The molecule has 1 N–H and O–H groups in total. The van der Waals surface area contributed by atoms with E-state index in [-0.39, 0.29) is 5.69 Å². The highest BCUT2D eigenvalue weighted by molar-refractivity contribution is 5.74. The van der Waals surface area contributed by atoms with Crippen LogP contribution in [0.4, 0.5) is 0 Å². The monoisotopic (exact) mass is 362 g/mol. The Kier molecular flexibility index (Phi) is 5.38. The zero-order valence-corrected chi connectivity index (χ0v) is 15.2. The fourth-order valence-electron chi connectivity index (χ4n) is 2.65. The average molecular weight is 362 g/mol. The van der Waals surface area contributed by atoms with Crippen molar-refractivity contribution in [2.24, 2.45) is 0 Å². The maximum atomic E-state index is 9.04. The van der Waals surface area contributed by atoms with Crippen molar-refractivity contribution in [1.82, 2.24) is 15.4 Å². The van der Waals surface area contributed by atoms with Gasteiger partial charge in [-0.1, -0.05) is 36.4 Å². The number of methoxy groups -OCH3 is 3. The first-order valence-corrected chi connectivity index (χ1v) is 8.09. The molecule has 0 bridgehead atoms. The number of nitrogens with zero attached hydrogens (tertiary/aromatic N) is 3. The Balaban J connectivity index is 1.85. The van der Waals surface area contributed by atoms with E-state index in [4.69, 9.17) is 19.5 Å². The number of aromatic nitrogens is 3. The number of aromatic amines is 1. The highest BCUT2D eigenvalue weighted by Crippen LogP contribution is 2.38. The zero-order chi connectivity index (χ0) is 19.2. The molecule has 7 heteroatoms. The summed E-state index contributed by atoms with van der Waals surface area (Å²) in [6, 6.07) is 13.4. The maximum Gasteiger partial charge on any atom is 0.203 e. The van der Waals surface area contributed by atoms with Crippen LogP contribution in [0, 0.1) is 11.3 Å². The van der Waals surface area contributed by atoms with Crippen LogP contribution in [0.15, 0.2) is 36.4 Å². The summed E-state index contributed by atoms with van der Waals surface area (Å²) in [5.41, 5.74) is 3.55. The Bertz CT molecular complexity index is 976. The second-order valence-electron chi connectivity index (χ2n) is 5.55. The molecule has 0 aliphatic carbocycles. The number of ether oxygens (including phenoxy) is 3. The molecule has 3 rings (SSSR count). The van der Waals surface area contributed by atoms with Crippen molar-refractivity contribution in [2.75, 3.05) is 21.3 Å². The maximum absolute atomic E-state index is 9.04. The average Bonchev–Trinajstić information content (AvgIpc) is 3.20. The van der Waals surface area contributed by atoms with Gasteiger partial charge in [0.05, 0.1) is 21.3 Å². The SMILES string of the molecule is COc1cc(/C=C/c2ccc(-c3n[nH]nc3C#N)cc2)cc(OC)c1OC. The Morgan fingerprint density at radius 3 is 2.07 bits per heavy atom. The van der Waals surface area contributed by atoms with Crippen molar-refractivity contribution >= 4 is 12.2 Å². The van der Waals surface area contributed by atoms with E-state index >= 15 is 0 Å². The van der Waals surface area contributed by atoms with E-state index in [0.29, 0.717) is 22.9 Å². The van der Waals surface area contributed by atoms with Gasteiger partial charge in [0.2, 0.25) is 5.75 Å². The van der Waals surface area contributed by atoms with Crippen LogP contribution in [0.3, 0.4) is 0 Å². The molecule has 0 saturated carbocycles. The third-order valence-corrected chi connectivity index (χ3v) is 3.99. The molecule has 1 aromatic heterocycles. The second-order valence-corrected chi connectivity index (χ2v) is 5.55. The predicted molar refractivity (Wildman–Crippen MR) is 102 cm³/mol. The summed E-state index contributed by atoms with van der Waals surface area (Å²) in [5, 5.41) is 19.3. The summed E-state index contributed by atoms with van der Waals surface area (Å²) in [6.45, 7) is 0. The Morgan fingerprint density at radius 1 is 0.889 bits per heavy atom. The summed E-state index contributed by atoms with van der Waals surface area (Å²) >= 11 is 0. The quantitative estimate of drug-likeness (QED) is 0.674. The molecule has 27 heavy (non-hydrogen) atoms. The van der Waals surface area contributed by atoms with E-state index in [1.54, 1.807) is 21.3 Å². The number of benzene rings is 2. The first kappa shape index (κ1) is 18.0. The van der Waals surface area contributed by atoms with Crippen molar-refractivity contribution in [2.45, 2.75) is 0 Å². The highest BCUT2D eigenvalue weighted by Gasteiger charge is 2.12. The van der Waals surface area contributed by atoms with Crippen LogP contribution in [-0.4, -0.2) is 36.7 Å². The van der Waals surface area contributed by atoms with Crippen LogP contribution in [0.1, 0.15) is 16.8 Å². The highest BCUT2D eigenvalue weighted by atomic mass is 16.5. The lowest BCUT2D eigenvalue weighted by molar-refractivity contribution is 0.324. The van der Waals surface area contributed by atoms with Gasteiger partial charge in [-0.05, 0) is 23.3 Å². The number of hydrogen-bond acceptors (Lipinski definition) is 6. The van der Waals surface area contributed by atoms with Gasteiger partial charge in [-0.25, -0.2) is 0 Å². The molecule has 0 atom stereocenters. The summed E-state index contributed by atoms with van der Waals surface area (Å²) in [7, 11) is 4.75. The van der Waals surface area contributed by atoms with Crippen LogP contribution >= 0.6 is 0 Å². The molecule has 136 valence electrons. The lowest BCUT2D eigenvalue weighted by atomic mass is 10.1. The number of rotatable bonds is 6. The Labute approximate surface area is 156 Å². The molecule has 7 nitrogen and oxygen atoms in total. The van der Waals surface area contributed by atoms with Crippen molar-refractivity contribution in [3.05, 3.63) is 53.2 Å². The normalized spacial score (nSPS) is 10.6. The summed E-state index contributed by atoms with van der Waals surface area (Å²) < 4.78 is 16.1. The van der Waals surface area contributed by atoms with E-state index in [1.807, 2.05) is 54.6 Å². The van der Waals surface area contributed by atoms with Crippen molar-refractivity contribution < 1.29 is 14.2 Å². The van der Waals surface area contributed by atoms with Crippen LogP contribution in [0.25, 0.3) is 23.4 Å². The lowest BCUT2D eigenvalue weighted by Gasteiger charge is -2.12. The van der Waals surface area contributed by atoms with Gasteiger partial charge in [0, 0.05) is 5.56 Å². The second kappa shape index (κ2) is 8.06.